The lowest BCUT2D eigenvalue weighted by molar-refractivity contribution is -0.150. The fraction of sp³-hybridized carbons (Fsp3) is 0.385. The van der Waals surface area contributed by atoms with Gasteiger partial charge in [0, 0.05) is 30.3 Å². The number of hydrogen-bond donors (Lipinski definition) is 5. The zero-order valence-corrected chi connectivity index (χ0v) is 21.8. The van der Waals surface area contributed by atoms with Crippen molar-refractivity contribution in [3.8, 4) is 0 Å². The van der Waals surface area contributed by atoms with Crippen LogP contribution in [0.1, 0.15) is 57.9 Å². The molecular weight excluding hydrogens is 491 g/mol. The number of carboxylic acids is 1. The summed E-state index contributed by atoms with van der Waals surface area (Å²) in [4.78, 5) is 33.0. The normalized spacial score (nSPS) is 19.8. The lowest BCUT2D eigenvalue weighted by atomic mass is 9.77. The maximum absolute atomic E-state index is 11.9. The first-order valence-corrected chi connectivity index (χ1v) is 13.3. The molecule has 0 saturated heterocycles. The SMILES string of the molecule is CCNC(=O)Nc1nc2cc(C3=CN=C(C4=CCCC(CC)(C(=O)O)CC4)CC=C3)cc(B(O)O)c2s1. The summed E-state index contributed by atoms with van der Waals surface area (Å²) >= 11 is 1.17. The van der Waals surface area contributed by atoms with E-state index in [1.807, 2.05) is 32.1 Å². The Labute approximate surface area is 219 Å². The summed E-state index contributed by atoms with van der Waals surface area (Å²) in [7, 11) is -1.71. The first-order chi connectivity index (χ1) is 17.8. The van der Waals surface area contributed by atoms with E-state index in [0.29, 0.717) is 65.9 Å². The van der Waals surface area contributed by atoms with Crippen LogP contribution in [0.15, 0.2) is 47.1 Å². The highest BCUT2D eigenvalue weighted by Crippen LogP contribution is 2.39. The van der Waals surface area contributed by atoms with Crippen molar-refractivity contribution < 1.29 is 24.7 Å². The number of nitrogens with zero attached hydrogens (tertiary/aromatic N) is 2. The molecule has 37 heavy (non-hydrogen) atoms. The van der Waals surface area contributed by atoms with Crippen LogP contribution in [0.2, 0.25) is 0 Å². The highest BCUT2D eigenvalue weighted by Gasteiger charge is 2.37. The molecule has 2 amide bonds. The molecule has 1 unspecified atom stereocenters. The lowest BCUT2D eigenvalue weighted by Crippen LogP contribution is -2.30. The Morgan fingerprint density at radius 1 is 1.22 bits per heavy atom. The second-order valence-electron chi connectivity index (χ2n) is 9.26. The molecule has 1 aromatic heterocycles. The molecule has 1 aliphatic carbocycles. The van der Waals surface area contributed by atoms with Gasteiger partial charge in [0.1, 0.15) is 0 Å². The molecule has 0 fully saturated rings. The molecule has 0 saturated carbocycles. The van der Waals surface area contributed by atoms with Crippen LogP contribution >= 0.6 is 11.3 Å². The fourth-order valence-electron chi connectivity index (χ4n) is 4.80. The van der Waals surface area contributed by atoms with Gasteiger partial charge < -0.3 is 20.5 Å². The Bertz CT molecular complexity index is 1330. The van der Waals surface area contributed by atoms with Gasteiger partial charge in [-0.15, -0.1) is 0 Å². The second-order valence-corrected chi connectivity index (χ2v) is 10.3. The third-order valence-corrected chi connectivity index (χ3v) is 8.08. The van der Waals surface area contributed by atoms with Gasteiger partial charge in [-0.25, -0.2) is 9.78 Å². The molecule has 1 aliphatic heterocycles. The molecule has 4 rings (SSSR count). The number of aliphatic carboxylic acids is 1. The van der Waals surface area contributed by atoms with Crippen LogP contribution < -0.4 is 16.1 Å². The first kappa shape index (κ1) is 26.8. The zero-order valence-electron chi connectivity index (χ0n) is 21.0. The number of amides is 2. The van der Waals surface area contributed by atoms with E-state index >= 15 is 0 Å². The van der Waals surface area contributed by atoms with Crippen molar-refractivity contribution in [2.24, 2.45) is 10.4 Å². The van der Waals surface area contributed by atoms with Crippen LogP contribution in [0, 0.1) is 5.41 Å². The quantitative estimate of drug-likeness (QED) is 0.350. The number of aliphatic imine (C=N–C) groups is 1. The van der Waals surface area contributed by atoms with E-state index in [4.69, 9.17) is 4.99 Å². The topological polar surface area (TPSA) is 144 Å². The van der Waals surface area contributed by atoms with E-state index in [0.717, 1.165) is 22.4 Å². The summed E-state index contributed by atoms with van der Waals surface area (Å²) in [6, 6.07) is 3.16. The number of anilines is 1. The highest BCUT2D eigenvalue weighted by molar-refractivity contribution is 7.23. The summed E-state index contributed by atoms with van der Waals surface area (Å²) in [6.45, 7) is 4.23. The standard InChI is InChI=1S/C26H31BN4O5S/c1-3-26(23(32)33)11-6-8-16(10-12-26)20-9-5-7-17(15-29-20)18-13-19(27(35)36)22-21(14-18)30-25(37-22)31-24(34)28-4-2/h5,7-8,13-15,35-36H,3-4,6,9-12H2,1-2H3,(H,32,33)(H2,28,30,31,34). The number of fused-ring (bicyclic) bond motifs is 1. The molecule has 11 heteroatoms. The second kappa shape index (κ2) is 11.4. The molecule has 2 aromatic rings. The van der Waals surface area contributed by atoms with Crippen molar-refractivity contribution >= 4 is 62.6 Å². The number of rotatable bonds is 7. The minimum absolute atomic E-state index is 0.299. The lowest BCUT2D eigenvalue weighted by Gasteiger charge is -2.26. The third-order valence-electron chi connectivity index (χ3n) is 7.04. The minimum Gasteiger partial charge on any atom is -0.481 e. The molecule has 0 bridgehead atoms. The fourth-order valence-corrected chi connectivity index (χ4v) is 5.77. The van der Waals surface area contributed by atoms with Crippen molar-refractivity contribution in [2.75, 3.05) is 11.9 Å². The number of allylic oxidation sites excluding steroid dienone is 5. The summed E-state index contributed by atoms with van der Waals surface area (Å²) in [5.74, 6) is -0.724. The molecule has 1 aromatic carbocycles. The Morgan fingerprint density at radius 2 is 2.03 bits per heavy atom. The van der Waals surface area contributed by atoms with Gasteiger partial charge in [-0.2, -0.15) is 0 Å². The van der Waals surface area contributed by atoms with Gasteiger partial charge in [0.15, 0.2) is 5.13 Å². The Hall–Kier alpha value is -3.28. The molecule has 194 valence electrons. The van der Waals surface area contributed by atoms with Crippen LogP contribution in [-0.4, -0.2) is 51.5 Å². The molecule has 0 radical (unpaired) electrons. The van der Waals surface area contributed by atoms with Crippen LogP contribution in [0.25, 0.3) is 15.8 Å². The van der Waals surface area contributed by atoms with E-state index in [9.17, 15) is 24.7 Å². The van der Waals surface area contributed by atoms with Crippen molar-refractivity contribution in [1.29, 1.82) is 0 Å². The van der Waals surface area contributed by atoms with Crippen LogP contribution in [0.4, 0.5) is 9.93 Å². The van der Waals surface area contributed by atoms with Gasteiger partial charge in [-0.3, -0.25) is 15.1 Å². The Kier molecular flexibility index (Phi) is 8.26. The van der Waals surface area contributed by atoms with Crippen LogP contribution in [-0.2, 0) is 4.79 Å². The Balaban J connectivity index is 1.63. The number of carbonyl (C=O) groups is 2. The van der Waals surface area contributed by atoms with Crippen molar-refractivity contribution in [2.45, 2.75) is 52.4 Å². The first-order valence-electron chi connectivity index (χ1n) is 12.5. The van der Waals surface area contributed by atoms with E-state index in [2.05, 4.69) is 21.7 Å². The predicted molar refractivity (Wildman–Crippen MR) is 148 cm³/mol. The summed E-state index contributed by atoms with van der Waals surface area (Å²) in [5.41, 5.74) is 3.65. The number of benzene rings is 1. The third kappa shape index (κ3) is 5.84. The van der Waals surface area contributed by atoms with E-state index in [1.165, 1.54) is 11.3 Å². The molecule has 2 aliphatic rings. The van der Waals surface area contributed by atoms with E-state index in [1.54, 1.807) is 12.3 Å². The molecule has 0 spiro atoms. The number of urea groups is 1. The summed E-state index contributed by atoms with van der Waals surface area (Å²) in [5, 5.41) is 35.5. The van der Waals surface area contributed by atoms with Gasteiger partial charge in [-0.1, -0.05) is 42.6 Å². The number of nitrogens with one attached hydrogen (secondary N) is 2. The number of aromatic nitrogens is 1. The summed E-state index contributed by atoms with van der Waals surface area (Å²) < 4.78 is 0.578. The summed E-state index contributed by atoms with van der Waals surface area (Å²) in [6.07, 6.45) is 11.7. The molecular formula is C26H31BN4O5S. The Morgan fingerprint density at radius 3 is 2.73 bits per heavy atom. The van der Waals surface area contributed by atoms with Crippen molar-refractivity contribution in [3.63, 3.8) is 0 Å². The minimum atomic E-state index is -1.71. The molecule has 1 atom stereocenters. The van der Waals surface area contributed by atoms with Gasteiger partial charge in [0.05, 0.1) is 15.6 Å². The molecule has 9 nitrogen and oxygen atoms in total. The maximum Gasteiger partial charge on any atom is 0.489 e. The van der Waals surface area contributed by atoms with Gasteiger partial charge in [0.2, 0.25) is 0 Å². The predicted octanol–water partition coefficient (Wildman–Crippen LogP) is 3.84. The van der Waals surface area contributed by atoms with Crippen molar-refractivity contribution in [3.05, 3.63) is 47.7 Å². The average Bonchev–Trinajstić information content (AvgIpc) is 3.02. The number of carbonyl (C=O) groups excluding carboxylic acids is 1. The zero-order chi connectivity index (χ0) is 26.6. The molecule has 2 heterocycles. The number of hydrogen-bond acceptors (Lipinski definition) is 7. The largest absolute Gasteiger partial charge is 0.489 e. The maximum atomic E-state index is 11.9. The number of thiazole rings is 1. The monoisotopic (exact) mass is 522 g/mol. The van der Waals surface area contributed by atoms with E-state index < -0.39 is 18.5 Å². The highest BCUT2D eigenvalue weighted by atomic mass is 32.1. The average molecular weight is 522 g/mol. The smallest absolute Gasteiger partial charge is 0.481 e. The molecule has 5 N–H and O–H groups in total. The van der Waals surface area contributed by atoms with Gasteiger partial charge in [-0.05, 0) is 61.8 Å². The van der Waals surface area contributed by atoms with Gasteiger partial charge >= 0.3 is 19.1 Å². The van der Waals surface area contributed by atoms with Crippen LogP contribution in [0.3, 0.4) is 0 Å². The number of carboxylic acid groups (broad SMARTS) is 1. The van der Waals surface area contributed by atoms with Gasteiger partial charge in [0.25, 0.3) is 0 Å². The van der Waals surface area contributed by atoms with E-state index in [-0.39, 0.29) is 6.03 Å². The van der Waals surface area contributed by atoms with Crippen molar-refractivity contribution in [1.82, 2.24) is 10.3 Å². The van der Waals surface area contributed by atoms with Crippen LogP contribution in [0.5, 0.6) is 0 Å².